The Morgan fingerprint density at radius 2 is 2.00 bits per heavy atom. The standard InChI is InChI=1S/C14H20F3N3S/c1-13(2)4-5-20(6-7-21-13)12-9-10(14(15,16)17)8-11(18-3)19-12/h8-9H,4-7H2,1-3H3,(H,18,19). The molecule has 0 saturated carbocycles. The summed E-state index contributed by atoms with van der Waals surface area (Å²) < 4.78 is 39.1. The van der Waals surface area contributed by atoms with E-state index in [-0.39, 0.29) is 10.6 Å². The van der Waals surface area contributed by atoms with Crippen LogP contribution in [0.1, 0.15) is 25.8 Å². The second-order valence-corrected chi connectivity index (χ2v) is 7.49. The van der Waals surface area contributed by atoms with Crippen LogP contribution >= 0.6 is 11.8 Å². The SMILES string of the molecule is CNc1cc(C(F)(F)F)cc(N2CCSC(C)(C)CC2)n1. The van der Waals surface area contributed by atoms with Crippen molar-refractivity contribution in [3.63, 3.8) is 0 Å². The van der Waals surface area contributed by atoms with Gasteiger partial charge in [-0.15, -0.1) is 0 Å². The Morgan fingerprint density at radius 3 is 2.62 bits per heavy atom. The normalized spacial score (nSPS) is 19.2. The number of rotatable bonds is 2. The summed E-state index contributed by atoms with van der Waals surface area (Å²) in [6, 6.07) is 2.18. The third kappa shape index (κ3) is 4.18. The number of anilines is 2. The van der Waals surface area contributed by atoms with Crippen LogP contribution in [0.5, 0.6) is 0 Å². The number of hydrogen-bond donors (Lipinski definition) is 1. The zero-order valence-electron chi connectivity index (χ0n) is 12.4. The molecule has 1 saturated heterocycles. The molecule has 0 amide bonds. The first-order valence-electron chi connectivity index (χ1n) is 6.87. The highest BCUT2D eigenvalue weighted by molar-refractivity contribution is 8.00. The molecule has 0 radical (unpaired) electrons. The average Bonchev–Trinajstić information content (AvgIpc) is 2.58. The van der Waals surface area contributed by atoms with Crippen LogP contribution in [0.15, 0.2) is 12.1 Å². The fourth-order valence-corrected chi connectivity index (χ4v) is 3.32. The minimum atomic E-state index is -4.36. The first-order chi connectivity index (χ1) is 9.71. The highest BCUT2D eigenvalue weighted by Crippen LogP contribution is 2.35. The number of thioether (sulfide) groups is 1. The van der Waals surface area contributed by atoms with E-state index in [9.17, 15) is 13.2 Å². The Bertz CT molecular complexity index is 503. The second kappa shape index (κ2) is 5.94. The monoisotopic (exact) mass is 319 g/mol. The molecule has 0 aromatic carbocycles. The van der Waals surface area contributed by atoms with Crippen LogP contribution in [0.3, 0.4) is 0 Å². The molecule has 0 bridgehead atoms. The van der Waals surface area contributed by atoms with Crippen LogP contribution in [0.25, 0.3) is 0 Å². The van der Waals surface area contributed by atoms with Gasteiger partial charge in [0.2, 0.25) is 0 Å². The molecular formula is C14H20F3N3S. The number of aromatic nitrogens is 1. The zero-order valence-corrected chi connectivity index (χ0v) is 13.2. The lowest BCUT2D eigenvalue weighted by Crippen LogP contribution is -2.28. The van der Waals surface area contributed by atoms with E-state index in [4.69, 9.17) is 0 Å². The van der Waals surface area contributed by atoms with Crippen molar-refractivity contribution in [2.75, 3.05) is 36.1 Å². The van der Waals surface area contributed by atoms with Crippen molar-refractivity contribution in [1.82, 2.24) is 4.98 Å². The van der Waals surface area contributed by atoms with Gasteiger partial charge in [0.05, 0.1) is 5.56 Å². The summed E-state index contributed by atoms with van der Waals surface area (Å²) in [6.07, 6.45) is -3.44. The van der Waals surface area contributed by atoms with Gasteiger partial charge < -0.3 is 10.2 Å². The number of halogens is 3. The van der Waals surface area contributed by atoms with Gasteiger partial charge in [0, 0.05) is 30.6 Å². The topological polar surface area (TPSA) is 28.2 Å². The summed E-state index contributed by atoms with van der Waals surface area (Å²) in [5.74, 6) is 1.53. The van der Waals surface area contributed by atoms with Gasteiger partial charge in [0.1, 0.15) is 11.6 Å². The first-order valence-corrected chi connectivity index (χ1v) is 7.86. The molecule has 7 heteroatoms. The van der Waals surface area contributed by atoms with Crippen molar-refractivity contribution in [2.45, 2.75) is 31.2 Å². The minimum Gasteiger partial charge on any atom is -0.373 e. The molecule has 1 fully saturated rings. The molecule has 1 N–H and O–H groups in total. The Kier molecular flexibility index (Phi) is 4.60. The van der Waals surface area contributed by atoms with Gasteiger partial charge in [-0.1, -0.05) is 13.8 Å². The predicted octanol–water partition coefficient (Wildman–Crippen LogP) is 3.86. The maximum atomic E-state index is 13.0. The third-order valence-corrected chi connectivity index (χ3v) is 4.93. The number of hydrogen-bond acceptors (Lipinski definition) is 4. The van der Waals surface area contributed by atoms with E-state index in [2.05, 4.69) is 24.1 Å². The number of nitrogens with zero attached hydrogens (tertiary/aromatic N) is 2. The number of pyridine rings is 1. The van der Waals surface area contributed by atoms with Crippen LogP contribution in [0.2, 0.25) is 0 Å². The lowest BCUT2D eigenvalue weighted by Gasteiger charge is -2.24. The summed E-state index contributed by atoms with van der Waals surface area (Å²) in [6.45, 7) is 5.77. The maximum absolute atomic E-state index is 13.0. The molecule has 3 nitrogen and oxygen atoms in total. The van der Waals surface area contributed by atoms with Crippen LogP contribution in [0, 0.1) is 0 Å². The van der Waals surface area contributed by atoms with Crippen LogP contribution in [-0.4, -0.2) is 35.6 Å². The Hall–Kier alpha value is -1.11. The summed E-state index contributed by atoms with van der Waals surface area (Å²) in [5, 5.41) is 2.71. The molecule has 118 valence electrons. The van der Waals surface area contributed by atoms with Gasteiger partial charge in [-0.05, 0) is 18.6 Å². The molecule has 1 aromatic rings. The van der Waals surface area contributed by atoms with Crippen molar-refractivity contribution >= 4 is 23.4 Å². The van der Waals surface area contributed by atoms with Gasteiger partial charge in [-0.2, -0.15) is 24.9 Å². The molecule has 2 rings (SSSR count). The van der Waals surface area contributed by atoms with E-state index in [1.807, 2.05) is 16.7 Å². The summed E-state index contributed by atoms with van der Waals surface area (Å²) in [5.41, 5.74) is -0.659. The lowest BCUT2D eigenvalue weighted by atomic mass is 10.1. The van der Waals surface area contributed by atoms with Crippen molar-refractivity contribution in [1.29, 1.82) is 0 Å². The quantitative estimate of drug-likeness (QED) is 0.896. The average molecular weight is 319 g/mol. The van der Waals surface area contributed by atoms with Crippen LogP contribution in [-0.2, 0) is 6.18 Å². The molecule has 1 aliphatic heterocycles. The van der Waals surface area contributed by atoms with Gasteiger partial charge >= 0.3 is 6.18 Å². The van der Waals surface area contributed by atoms with Crippen molar-refractivity contribution in [3.05, 3.63) is 17.7 Å². The summed E-state index contributed by atoms with van der Waals surface area (Å²) in [7, 11) is 1.58. The second-order valence-electron chi connectivity index (χ2n) is 5.69. The molecular weight excluding hydrogens is 299 g/mol. The molecule has 21 heavy (non-hydrogen) atoms. The van der Waals surface area contributed by atoms with E-state index in [0.717, 1.165) is 30.9 Å². The highest BCUT2D eigenvalue weighted by Gasteiger charge is 2.32. The van der Waals surface area contributed by atoms with Crippen molar-refractivity contribution < 1.29 is 13.2 Å². The number of nitrogens with one attached hydrogen (secondary N) is 1. The third-order valence-electron chi connectivity index (χ3n) is 3.56. The molecule has 0 aliphatic carbocycles. The first kappa shape index (κ1) is 16.3. The maximum Gasteiger partial charge on any atom is 0.416 e. The highest BCUT2D eigenvalue weighted by atomic mass is 32.2. The largest absolute Gasteiger partial charge is 0.416 e. The molecule has 2 heterocycles. The smallest absolute Gasteiger partial charge is 0.373 e. The van der Waals surface area contributed by atoms with Gasteiger partial charge in [0.15, 0.2) is 0 Å². The molecule has 0 atom stereocenters. The van der Waals surface area contributed by atoms with Crippen LogP contribution in [0.4, 0.5) is 24.8 Å². The van der Waals surface area contributed by atoms with Crippen molar-refractivity contribution in [2.24, 2.45) is 0 Å². The van der Waals surface area contributed by atoms with E-state index >= 15 is 0 Å². The zero-order chi connectivity index (χ0) is 15.7. The fourth-order valence-electron chi connectivity index (χ4n) is 2.22. The fraction of sp³-hybridized carbons (Fsp3) is 0.643. The van der Waals surface area contributed by atoms with E-state index < -0.39 is 11.7 Å². The van der Waals surface area contributed by atoms with Gasteiger partial charge in [-0.25, -0.2) is 4.98 Å². The molecule has 1 aliphatic rings. The Balaban J connectivity index is 2.30. The van der Waals surface area contributed by atoms with E-state index in [1.165, 1.54) is 0 Å². The summed E-state index contributed by atoms with van der Waals surface area (Å²) in [4.78, 5) is 6.23. The molecule has 0 spiro atoms. The Labute approximate surface area is 127 Å². The molecule has 0 unspecified atom stereocenters. The lowest BCUT2D eigenvalue weighted by molar-refractivity contribution is -0.137. The Morgan fingerprint density at radius 1 is 1.29 bits per heavy atom. The summed E-state index contributed by atoms with van der Waals surface area (Å²) >= 11 is 1.85. The van der Waals surface area contributed by atoms with Gasteiger partial charge in [-0.3, -0.25) is 0 Å². The molecule has 1 aromatic heterocycles. The van der Waals surface area contributed by atoms with E-state index in [1.54, 1.807) is 7.05 Å². The number of alkyl halides is 3. The van der Waals surface area contributed by atoms with Crippen molar-refractivity contribution in [3.8, 4) is 0 Å². The van der Waals surface area contributed by atoms with Gasteiger partial charge in [0.25, 0.3) is 0 Å². The minimum absolute atomic E-state index is 0.155. The predicted molar refractivity (Wildman–Crippen MR) is 82.2 cm³/mol. The van der Waals surface area contributed by atoms with E-state index in [0.29, 0.717) is 12.4 Å². The van der Waals surface area contributed by atoms with Crippen LogP contribution < -0.4 is 10.2 Å².